The van der Waals surface area contributed by atoms with Crippen LogP contribution in [0.4, 0.5) is 0 Å². The van der Waals surface area contributed by atoms with Gasteiger partial charge in [-0.25, -0.2) is 0 Å². The molecule has 0 amide bonds. The van der Waals surface area contributed by atoms with Gasteiger partial charge in [0, 0.05) is 19.8 Å². The highest BCUT2D eigenvalue weighted by Crippen LogP contribution is 2.08. The van der Waals surface area contributed by atoms with Gasteiger partial charge >= 0.3 is 0 Å². The fourth-order valence-electron chi connectivity index (χ4n) is 1.58. The minimum absolute atomic E-state index is 0.626. The van der Waals surface area contributed by atoms with Gasteiger partial charge in [-0.1, -0.05) is 20.8 Å². The van der Waals surface area contributed by atoms with Gasteiger partial charge in [0.05, 0.1) is 13.2 Å². The Balaban J connectivity index is 3.37. The topological polar surface area (TPSA) is 30.5 Å². The Hall–Kier alpha value is -0.120. The van der Waals surface area contributed by atoms with Gasteiger partial charge in [0.15, 0.2) is 0 Å². The quantitative estimate of drug-likeness (QED) is 0.568. The molecular weight excluding hydrogens is 190 g/mol. The second-order valence-electron chi connectivity index (χ2n) is 4.16. The van der Waals surface area contributed by atoms with E-state index < -0.39 is 0 Å². The predicted molar refractivity (Wildman–Crippen MR) is 64.2 cm³/mol. The van der Waals surface area contributed by atoms with Crippen LogP contribution in [0.15, 0.2) is 0 Å². The van der Waals surface area contributed by atoms with Crippen LogP contribution in [0.2, 0.25) is 0 Å². The maximum absolute atomic E-state index is 5.43. The fourth-order valence-corrected chi connectivity index (χ4v) is 1.58. The van der Waals surface area contributed by atoms with E-state index in [0.29, 0.717) is 25.2 Å². The lowest BCUT2D eigenvalue weighted by Crippen LogP contribution is -2.33. The number of methoxy groups -OCH3 is 1. The second-order valence-corrected chi connectivity index (χ2v) is 4.16. The lowest BCUT2D eigenvalue weighted by atomic mass is 9.99. The second kappa shape index (κ2) is 10.4. The van der Waals surface area contributed by atoms with E-state index in [9.17, 15) is 0 Å². The summed E-state index contributed by atoms with van der Waals surface area (Å²) in [5.41, 5.74) is 0. The molecule has 0 spiro atoms. The Morgan fingerprint density at radius 2 is 1.87 bits per heavy atom. The zero-order valence-corrected chi connectivity index (χ0v) is 10.7. The molecule has 3 heteroatoms. The van der Waals surface area contributed by atoms with Crippen molar-refractivity contribution >= 4 is 0 Å². The summed E-state index contributed by atoms with van der Waals surface area (Å²) >= 11 is 0. The lowest BCUT2D eigenvalue weighted by molar-refractivity contribution is 0.0672. The summed E-state index contributed by atoms with van der Waals surface area (Å²) in [6.45, 7) is 9.99. The first-order valence-electron chi connectivity index (χ1n) is 6.02. The summed E-state index contributed by atoms with van der Waals surface area (Å²) < 4.78 is 10.3. The standard InChI is InChI=1S/C12H27NO2/c1-5-13-12(11(2)3)7-6-8-15-10-9-14-4/h11-13H,5-10H2,1-4H3. The zero-order chi connectivity index (χ0) is 11.5. The van der Waals surface area contributed by atoms with Crippen molar-refractivity contribution in [3.8, 4) is 0 Å². The molecule has 0 aromatic heterocycles. The third-order valence-electron chi connectivity index (χ3n) is 2.51. The monoisotopic (exact) mass is 217 g/mol. The molecule has 0 aliphatic heterocycles. The molecule has 0 aliphatic carbocycles. The van der Waals surface area contributed by atoms with Crippen LogP contribution in [-0.2, 0) is 9.47 Å². The summed E-state index contributed by atoms with van der Waals surface area (Å²) in [7, 11) is 1.70. The first-order chi connectivity index (χ1) is 7.22. The largest absolute Gasteiger partial charge is 0.382 e. The van der Waals surface area contributed by atoms with Crippen LogP contribution in [0.1, 0.15) is 33.6 Å². The van der Waals surface area contributed by atoms with E-state index in [1.807, 2.05) is 0 Å². The van der Waals surface area contributed by atoms with Gasteiger partial charge in [0.2, 0.25) is 0 Å². The summed E-state index contributed by atoms with van der Waals surface area (Å²) in [5, 5.41) is 3.50. The zero-order valence-electron chi connectivity index (χ0n) is 10.7. The number of rotatable bonds is 10. The SMILES string of the molecule is CCNC(CCCOCCOC)C(C)C. The van der Waals surface area contributed by atoms with Gasteiger partial charge in [-0.05, 0) is 25.3 Å². The highest BCUT2D eigenvalue weighted by molar-refractivity contribution is 4.69. The number of nitrogens with one attached hydrogen (secondary N) is 1. The molecule has 0 radical (unpaired) electrons. The molecule has 92 valence electrons. The van der Waals surface area contributed by atoms with Gasteiger partial charge in [-0.15, -0.1) is 0 Å². The molecular formula is C12H27NO2. The highest BCUT2D eigenvalue weighted by atomic mass is 16.5. The summed E-state index contributed by atoms with van der Waals surface area (Å²) in [5.74, 6) is 0.698. The van der Waals surface area contributed by atoms with Crippen molar-refractivity contribution in [1.29, 1.82) is 0 Å². The molecule has 1 N–H and O–H groups in total. The third-order valence-corrected chi connectivity index (χ3v) is 2.51. The van der Waals surface area contributed by atoms with Gasteiger partial charge in [0.1, 0.15) is 0 Å². The first kappa shape index (κ1) is 14.9. The number of hydrogen-bond acceptors (Lipinski definition) is 3. The number of ether oxygens (including phenoxy) is 2. The van der Waals surface area contributed by atoms with Crippen molar-refractivity contribution in [2.75, 3.05) is 33.5 Å². The van der Waals surface area contributed by atoms with Crippen molar-refractivity contribution in [1.82, 2.24) is 5.32 Å². The van der Waals surface area contributed by atoms with Crippen molar-refractivity contribution in [3.63, 3.8) is 0 Å². The molecule has 0 bridgehead atoms. The van der Waals surface area contributed by atoms with E-state index >= 15 is 0 Å². The van der Waals surface area contributed by atoms with Gasteiger partial charge in [-0.3, -0.25) is 0 Å². The Morgan fingerprint density at radius 3 is 2.40 bits per heavy atom. The molecule has 3 nitrogen and oxygen atoms in total. The summed E-state index contributed by atoms with van der Waals surface area (Å²) in [6.07, 6.45) is 2.32. The van der Waals surface area contributed by atoms with Crippen LogP contribution >= 0.6 is 0 Å². The van der Waals surface area contributed by atoms with E-state index in [-0.39, 0.29) is 0 Å². The van der Waals surface area contributed by atoms with Crippen LogP contribution in [-0.4, -0.2) is 39.5 Å². The van der Waals surface area contributed by atoms with Crippen molar-refractivity contribution in [2.24, 2.45) is 5.92 Å². The van der Waals surface area contributed by atoms with Crippen LogP contribution in [0, 0.1) is 5.92 Å². The van der Waals surface area contributed by atoms with E-state index in [2.05, 4.69) is 26.1 Å². The molecule has 15 heavy (non-hydrogen) atoms. The third kappa shape index (κ3) is 8.85. The Kier molecular flexibility index (Phi) is 10.3. The van der Waals surface area contributed by atoms with Crippen LogP contribution in [0.3, 0.4) is 0 Å². The molecule has 0 saturated heterocycles. The first-order valence-corrected chi connectivity index (χ1v) is 6.02. The smallest absolute Gasteiger partial charge is 0.0700 e. The average molecular weight is 217 g/mol. The molecule has 0 rings (SSSR count). The van der Waals surface area contributed by atoms with Crippen LogP contribution in [0.25, 0.3) is 0 Å². The summed E-state index contributed by atoms with van der Waals surface area (Å²) in [4.78, 5) is 0. The van der Waals surface area contributed by atoms with Gasteiger partial charge in [-0.2, -0.15) is 0 Å². The minimum atomic E-state index is 0.626. The molecule has 0 aromatic rings. The lowest BCUT2D eigenvalue weighted by Gasteiger charge is -2.21. The van der Waals surface area contributed by atoms with Gasteiger partial charge < -0.3 is 14.8 Å². The van der Waals surface area contributed by atoms with E-state index in [1.165, 1.54) is 6.42 Å². The normalized spacial score (nSPS) is 13.4. The fraction of sp³-hybridized carbons (Fsp3) is 1.00. The maximum Gasteiger partial charge on any atom is 0.0700 e. The Bertz CT molecular complexity index is 129. The van der Waals surface area contributed by atoms with Crippen LogP contribution < -0.4 is 5.32 Å². The maximum atomic E-state index is 5.43. The van der Waals surface area contributed by atoms with E-state index in [1.54, 1.807) is 7.11 Å². The molecule has 0 heterocycles. The molecule has 0 aliphatic rings. The molecule has 0 saturated carbocycles. The Morgan fingerprint density at radius 1 is 1.13 bits per heavy atom. The van der Waals surface area contributed by atoms with Crippen molar-refractivity contribution in [3.05, 3.63) is 0 Å². The van der Waals surface area contributed by atoms with E-state index in [0.717, 1.165) is 19.6 Å². The summed E-state index contributed by atoms with van der Waals surface area (Å²) in [6, 6.07) is 0.626. The minimum Gasteiger partial charge on any atom is -0.382 e. The van der Waals surface area contributed by atoms with Crippen molar-refractivity contribution in [2.45, 2.75) is 39.7 Å². The van der Waals surface area contributed by atoms with Crippen molar-refractivity contribution < 1.29 is 9.47 Å². The molecule has 0 fully saturated rings. The molecule has 1 unspecified atom stereocenters. The molecule has 0 aromatic carbocycles. The van der Waals surface area contributed by atoms with Gasteiger partial charge in [0.25, 0.3) is 0 Å². The highest BCUT2D eigenvalue weighted by Gasteiger charge is 2.10. The Labute approximate surface area is 94.5 Å². The predicted octanol–water partition coefficient (Wildman–Crippen LogP) is 2.06. The van der Waals surface area contributed by atoms with E-state index in [4.69, 9.17) is 9.47 Å². The van der Waals surface area contributed by atoms with Crippen LogP contribution in [0.5, 0.6) is 0 Å². The average Bonchev–Trinajstić information content (AvgIpc) is 2.21. The number of hydrogen-bond donors (Lipinski definition) is 1. The molecule has 1 atom stereocenters.